The van der Waals surface area contributed by atoms with Crippen molar-refractivity contribution in [3.63, 3.8) is 0 Å². The molecule has 0 radical (unpaired) electrons. The molecular weight excluding hydrogens is 322 g/mol. The number of anilines is 1. The molecular formula is C14H19N3O5S. The van der Waals surface area contributed by atoms with Crippen molar-refractivity contribution in [1.29, 1.82) is 0 Å². The van der Waals surface area contributed by atoms with E-state index in [-0.39, 0.29) is 12.5 Å². The summed E-state index contributed by atoms with van der Waals surface area (Å²) in [5, 5.41) is 2.71. The molecule has 1 aromatic carbocycles. The van der Waals surface area contributed by atoms with Gasteiger partial charge >= 0.3 is 0 Å². The highest BCUT2D eigenvalue weighted by molar-refractivity contribution is 7.87. The molecule has 3 rings (SSSR count). The summed E-state index contributed by atoms with van der Waals surface area (Å²) >= 11 is 0. The number of rotatable bonds is 4. The molecule has 1 saturated heterocycles. The summed E-state index contributed by atoms with van der Waals surface area (Å²) in [5.41, 5.74) is 1.29. The maximum Gasteiger partial charge on any atom is 0.280 e. The van der Waals surface area contributed by atoms with Crippen LogP contribution in [0.15, 0.2) is 18.2 Å². The quantitative estimate of drug-likeness (QED) is 0.818. The summed E-state index contributed by atoms with van der Waals surface area (Å²) in [6.45, 7) is 3.23. The minimum absolute atomic E-state index is 0.00837. The molecule has 0 bridgehead atoms. The van der Waals surface area contributed by atoms with E-state index in [1.807, 2.05) is 0 Å². The predicted octanol–water partition coefficient (Wildman–Crippen LogP) is 0.245. The number of ether oxygens (including phenoxy) is 2. The van der Waals surface area contributed by atoms with Crippen molar-refractivity contribution >= 4 is 21.8 Å². The van der Waals surface area contributed by atoms with E-state index in [1.54, 1.807) is 25.1 Å². The van der Waals surface area contributed by atoms with Crippen LogP contribution in [0.1, 0.15) is 18.5 Å². The molecule has 1 fully saturated rings. The van der Waals surface area contributed by atoms with Gasteiger partial charge in [-0.15, -0.1) is 0 Å². The summed E-state index contributed by atoms with van der Waals surface area (Å²) in [4.78, 5) is 11.4. The van der Waals surface area contributed by atoms with Crippen LogP contribution >= 0.6 is 0 Å². The molecule has 1 amide bonds. The lowest BCUT2D eigenvalue weighted by Crippen LogP contribution is -2.47. The smallest absolute Gasteiger partial charge is 0.280 e. The van der Waals surface area contributed by atoms with E-state index in [2.05, 4.69) is 10.0 Å². The average molecular weight is 341 g/mol. The van der Waals surface area contributed by atoms with Crippen LogP contribution in [0.3, 0.4) is 0 Å². The summed E-state index contributed by atoms with van der Waals surface area (Å²) in [5.74, 6) is 0.354. The van der Waals surface area contributed by atoms with Gasteiger partial charge in [0.1, 0.15) is 5.75 Å². The molecule has 2 N–H and O–H groups in total. The third-order valence-electron chi connectivity index (χ3n) is 3.77. The number of hydrogen-bond donors (Lipinski definition) is 2. The standard InChI is InChI=1S/C14H19N3O5S/c1-10(16-23(19,20)17-4-6-21-7-5-17)11-2-3-13-12(8-11)15-14(18)9-22-13/h2-3,8,10,16H,4-7,9H2,1H3,(H,15,18). The fraction of sp³-hybridized carbons (Fsp3) is 0.500. The van der Waals surface area contributed by atoms with E-state index >= 15 is 0 Å². The van der Waals surface area contributed by atoms with Crippen molar-refractivity contribution in [2.24, 2.45) is 0 Å². The second kappa shape index (κ2) is 6.44. The minimum Gasteiger partial charge on any atom is -0.482 e. The highest BCUT2D eigenvalue weighted by atomic mass is 32.2. The topological polar surface area (TPSA) is 97.0 Å². The number of nitrogens with zero attached hydrogens (tertiary/aromatic N) is 1. The first kappa shape index (κ1) is 16.2. The van der Waals surface area contributed by atoms with Crippen molar-refractivity contribution < 1.29 is 22.7 Å². The number of amides is 1. The molecule has 1 atom stereocenters. The lowest BCUT2D eigenvalue weighted by molar-refractivity contribution is -0.118. The Morgan fingerprint density at radius 2 is 2.04 bits per heavy atom. The van der Waals surface area contributed by atoms with Gasteiger partial charge in [-0.05, 0) is 24.6 Å². The largest absolute Gasteiger partial charge is 0.482 e. The number of carbonyl (C=O) groups excluding carboxylic acids is 1. The molecule has 2 aliphatic heterocycles. The van der Waals surface area contributed by atoms with E-state index in [1.165, 1.54) is 4.31 Å². The monoisotopic (exact) mass is 341 g/mol. The Labute approximate surface area is 134 Å². The van der Waals surface area contributed by atoms with Crippen LogP contribution in [-0.4, -0.2) is 51.5 Å². The lowest BCUT2D eigenvalue weighted by atomic mass is 10.1. The molecule has 1 unspecified atom stereocenters. The highest BCUT2D eigenvalue weighted by Crippen LogP contribution is 2.30. The van der Waals surface area contributed by atoms with Crippen molar-refractivity contribution in [3.8, 4) is 5.75 Å². The minimum atomic E-state index is -3.58. The first-order chi connectivity index (χ1) is 11.0. The molecule has 0 aromatic heterocycles. The maximum absolute atomic E-state index is 12.4. The fourth-order valence-electron chi connectivity index (χ4n) is 2.52. The van der Waals surface area contributed by atoms with Crippen molar-refractivity contribution in [1.82, 2.24) is 9.03 Å². The zero-order chi connectivity index (χ0) is 16.4. The van der Waals surface area contributed by atoms with Gasteiger partial charge in [-0.2, -0.15) is 17.4 Å². The maximum atomic E-state index is 12.4. The number of benzene rings is 1. The van der Waals surface area contributed by atoms with Gasteiger partial charge in [0.2, 0.25) is 0 Å². The highest BCUT2D eigenvalue weighted by Gasteiger charge is 2.26. The number of carbonyl (C=O) groups is 1. The summed E-state index contributed by atoms with van der Waals surface area (Å²) < 4.78 is 39.2. The summed E-state index contributed by atoms with van der Waals surface area (Å²) in [6.07, 6.45) is 0. The zero-order valence-corrected chi connectivity index (χ0v) is 13.6. The SMILES string of the molecule is CC(NS(=O)(=O)N1CCOCC1)c1ccc2c(c1)NC(=O)CO2. The normalized spacial score (nSPS) is 20.3. The molecule has 9 heteroatoms. The summed E-state index contributed by atoms with van der Waals surface area (Å²) in [6, 6.07) is 4.79. The van der Waals surface area contributed by atoms with Crippen LogP contribution in [0.2, 0.25) is 0 Å². The molecule has 126 valence electrons. The summed E-state index contributed by atoms with van der Waals surface area (Å²) in [7, 11) is -3.58. The zero-order valence-electron chi connectivity index (χ0n) is 12.7. The molecule has 2 aliphatic rings. The molecule has 0 spiro atoms. The van der Waals surface area contributed by atoms with Crippen LogP contribution in [0.5, 0.6) is 5.75 Å². The van der Waals surface area contributed by atoms with Crippen LogP contribution in [0.25, 0.3) is 0 Å². The molecule has 2 heterocycles. The van der Waals surface area contributed by atoms with Crippen molar-refractivity contribution in [3.05, 3.63) is 23.8 Å². The molecule has 0 aliphatic carbocycles. The predicted molar refractivity (Wildman–Crippen MR) is 83.4 cm³/mol. The van der Waals surface area contributed by atoms with E-state index in [0.717, 1.165) is 5.56 Å². The number of fused-ring (bicyclic) bond motifs is 1. The van der Waals surface area contributed by atoms with Crippen molar-refractivity contribution in [2.75, 3.05) is 38.2 Å². The van der Waals surface area contributed by atoms with E-state index < -0.39 is 16.3 Å². The van der Waals surface area contributed by atoms with Gasteiger partial charge in [0.15, 0.2) is 6.61 Å². The van der Waals surface area contributed by atoms with E-state index in [9.17, 15) is 13.2 Å². The molecule has 1 aromatic rings. The molecule has 0 saturated carbocycles. The molecule has 23 heavy (non-hydrogen) atoms. The van der Waals surface area contributed by atoms with Gasteiger partial charge in [0.25, 0.3) is 16.1 Å². The van der Waals surface area contributed by atoms with Gasteiger partial charge in [-0.3, -0.25) is 4.79 Å². The Kier molecular flexibility index (Phi) is 4.53. The number of nitrogens with one attached hydrogen (secondary N) is 2. The third-order valence-corrected chi connectivity index (χ3v) is 5.47. The van der Waals surface area contributed by atoms with E-state index in [4.69, 9.17) is 9.47 Å². The molecule has 8 nitrogen and oxygen atoms in total. The van der Waals surface area contributed by atoms with Gasteiger partial charge in [0, 0.05) is 19.1 Å². The average Bonchev–Trinajstić information content (AvgIpc) is 2.54. The van der Waals surface area contributed by atoms with Crippen molar-refractivity contribution in [2.45, 2.75) is 13.0 Å². The van der Waals surface area contributed by atoms with Gasteiger partial charge in [0.05, 0.1) is 18.9 Å². The second-order valence-electron chi connectivity index (χ2n) is 5.45. The van der Waals surface area contributed by atoms with Gasteiger partial charge in [-0.25, -0.2) is 0 Å². The Bertz CT molecular complexity index is 700. The van der Waals surface area contributed by atoms with Gasteiger partial charge in [-0.1, -0.05) is 6.07 Å². The Balaban J connectivity index is 1.74. The lowest BCUT2D eigenvalue weighted by Gasteiger charge is -2.28. The number of hydrogen-bond acceptors (Lipinski definition) is 5. The number of morpholine rings is 1. The third kappa shape index (κ3) is 3.63. The second-order valence-corrected chi connectivity index (χ2v) is 7.15. The van der Waals surface area contributed by atoms with Crippen LogP contribution in [-0.2, 0) is 19.7 Å². The Morgan fingerprint density at radius 1 is 1.30 bits per heavy atom. The Hall–Kier alpha value is -1.68. The van der Waals surface area contributed by atoms with Gasteiger partial charge < -0.3 is 14.8 Å². The fourth-order valence-corrected chi connectivity index (χ4v) is 3.88. The Morgan fingerprint density at radius 3 is 2.78 bits per heavy atom. The first-order valence-corrected chi connectivity index (χ1v) is 8.81. The first-order valence-electron chi connectivity index (χ1n) is 7.37. The van der Waals surface area contributed by atoms with E-state index in [0.29, 0.717) is 37.7 Å². The van der Waals surface area contributed by atoms with Crippen LogP contribution in [0.4, 0.5) is 5.69 Å². The van der Waals surface area contributed by atoms with Crippen LogP contribution in [0, 0.1) is 0 Å². The van der Waals surface area contributed by atoms with Crippen LogP contribution < -0.4 is 14.8 Å².